The Labute approximate surface area is 219 Å². The van der Waals surface area contributed by atoms with Crippen molar-refractivity contribution in [1.82, 2.24) is 9.62 Å². The number of aryl methyl sites for hydroxylation is 3. The lowest BCUT2D eigenvalue weighted by Crippen LogP contribution is -2.42. The molecule has 0 radical (unpaired) electrons. The van der Waals surface area contributed by atoms with E-state index in [1.165, 1.54) is 35.2 Å². The molecular weight excluding hydrogens is 496 g/mol. The van der Waals surface area contributed by atoms with Gasteiger partial charge in [-0.15, -0.1) is 0 Å². The molecule has 3 rings (SSSR count). The number of hydrogen-bond acceptors (Lipinski definition) is 4. The molecule has 0 fully saturated rings. The average Bonchev–Trinajstić information content (AvgIpc) is 2.84. The summed E-state index contributed by atoms with van der Waals surface area (Å²) in [6.07, 6.45) is 0.461. The van der Waals surface area contributed by atoms with Gasteiger partial charge in [-0.2, -0.15) is 4.31 Å². The first-order valence-electron chi connectivity index (χ1n) is 11.8. The third kappa shape index (κ3) is 6.66. The Morgan fingerprint density at radius 3 is 2.31 bits per heavy atom. The highest BCUT2D eigenvalue weighted by Crippen LogP contribution is 2.29. The number of ether oxygens (including phenoxy) is 1. The van der Waals surface area contributed by atoms with Crippen molar-refractivity contribution in [3.05, 3.63) is 93.5 Å². The molecule has 0 spiro atoms. The molecule has 0 saturated carbocycles. The summed E-state index contributed by atoms with van der Waals surface area (Å²) >= 11 is 6.21. The predicted molar refractivity (Wildman–Crippen MR) is 144 cm³/mol. The number of nitrogens with one attached hydrogen (secondary N) is 1. The van der Waals surface area contributed by atoms with E-state index in [0.717, 1.165) is 22.3 Å². The number of hydrogen-bond donors (Lipinski definition) is 1. The Morgan fingerprint density at radius 1 is 1.00 bits per heavy atom. The Hall–Kier alpha value is -2.87. The fourth-order valence-electron chi connectivity index (χ4n) is 4.11. The molecule has 8 heteroatoms. The molecule has 0 aromatic heterocycles. The second-order valence-corrected chi connectivity index (χ2v) is 11.3. The summed E-state index contributed by atoms with van der Waals surface area (Å²) in [5.74, 6) is -0.00171. The number of carbonyl (C=O) groups excluding carboxylic acids is 1. The van der Waals surface area contributed by atoms with Crippen LogP contribution in [0.5, 0.6) is 5.75 Å². The summed E-state index contributed by atoms with van der Waals surface area (Å²) in [6, 6.07) is 17.8. The number of methoxy groups -OCH3 is 1. The van der Waals surface area contributed by atoms with Crippen molar-refractivity contribution in [2.24, 2.45) is 0 Å². The SMILES string of the molecule is COc1ccc(S(=O)(=O)N(CCc2ccccc2)CC(=O)N[C@H](C)c2cc(C)c(C)cc2C)cc1Cl. The average molecular weight is 529 g/mol. The molecule has 1 N–H and O–H groups in total. The fourth-order valence-corrected chi connectivity index (χ4v) is 5.86. The summed E-state index contributed by atoms with van der Waals surface area (Å²) in [5, 5.41) is 3.16. The van der Waals surface area contributed by atoms with Gasteiger partial charge in [-0.1, -0.05) is 54.1 Å². The van der Waals surface area contributed by atoms with Crippen LogP contribution in [-0.4, -0.2) is 38.8 Å². The lowest BCUT2D eigenvalue weighted by molar-refractivity contribution is -0.121. The van der Waals surface area contributed by atoms with Gasteiger partial charge in [-0.3, -0.25) is 4.79 Å². The van der Waals surface area contributed by atoms with Crippen LogP contribution in [0.15, 0.2) is 65.6 Å². The van der Waals surface area contributed by atoms with Crippen LogP contribution >= 0.6 is 11.6 Å². The number of carbonyl (C=O) groups is 1. The first-order valence-corrected chi connectivity index (χ1v) is 13.6. The van der Waals surface area contributed by atoms with Crippen LogP contribution in [0.4, 0.5) is 0 Å². The molecule has 3 aromatic rings. The zero-order chi connectivity index (χ0) is 26.5. The van der Waals surface area contributed by atoms with Gasteiger partial charge in [0.25, 0.3) is 0 Å². The van der Waals surface area contributed by atoms with Gasteiger partial charge in [-0.25, -0.2) is 8.42 Å². The Kier molecular flexibility index (Phi) is 9.17. The highest BCUT2D eigenvalue weighted by molar-refractivity contribution is 7.89. The lowest BCUT2D eigenvalue weighted by atomic mass is 9.96. The van der Waals surface area contributed by atoms with Crippen LogP contribution in [-0.2, 0) is 21.2 Å². The van der Waals surface area contributed by atoms with Crippen LogP contribution < -0.4 is 10.1 Å². The minimum absolute atomic E-state index is 0.00668. The molecule has 0 bridgehead atoms. The van der Waals surface area contributed by atoms with E-state index in [1.54, 1.807) is 0 Å². The highest BCUT2D eigenvalue weighted by Gasteiger charge is 2.28. The Balaban J connectivity index is 1.84. The molecule has 3 aromatic carbocycles. The van der Waals surface area contributed by atoms with E-state index in [4.69, 9.17) is 16.3 Å². The van der Waals surface area contributed by atoms with E-state index < -0.39 is 10.0 Å². The summed E-state index contributed by atoms with van der Waals surface area (Å²) in [6.45, 7) is 7.82. The number of nitrogens with zero attached hydrogens (tertiary/aromatic N) is 1. The smallest absolute Gasteiger partial charge is 0.243 e. The van der Waals surface area contributed by atoms with Crippen LogP contribution in [0.3, 0.4) is 0 Å². The van der Waals surface area contributed by atoms with Gasteiger partial charge in [0.05, 0.1) is 29.6 Å². The molecule has 6 nitrogen and oxygen atoms in total. The summed E-state index contributed by atoms with van der Waals surface area (Å²) in [5.41, 5.74) is 5.38. The number of rotatable bonds is 10. The lowest BCUT2D eigenvalue weighted by Gasteiger charge is -2.24. The Morgan fingerprint density at radius 2 is 1.67 bits per heavy atom. The number of amides is 1. The van der Waals surface area contributed by atoms with Crippen LogP contribution in [0.1, 0.15) is 40.8 Å². The van der Waals surface area contributed by atoms with Gasteiger partial charge in [0.1, 0.15) is 5.75 Å². The number of halogens is 1. The minimum Gasteiger partial charge on any atom is -0.495 e. The van der Waals surface area contributed by atoms with Crippen molar-refractivity contribution in [3.8, 4) is 5.75 Å². The van der Waals surface area contributed by atoms with Crippen LogP contribution in [0.2, 0.25) is 5.02 Å². The molecular formula is C28H33ClN2O4S. The Bertz CT molecular complexity index is 1330. The van der Waals surface area contributed by atoms with E-state index in [2.05, 4.69) is 24.4 Å². The molecule has 0 aliphatic rings. The summed E-state index contributed by atoms with van der Waals surface area (Å²) < 4.78 is 33.5. The van der Waals surface area contributed by atoms with Gasteiger partial charge >= 0.3 is 0 Å². The van der Waals surface area contributed by atoms with Crippen molar-refractivity contribution in [2.75, 3.05) is 20.2 Å². The first kappa shape index (κ1) is 27.7. The normalized spacial score (nSPS) is 12.4. The molecule has 0 aliphatic carbocycles. The van der Waals surface area contributed by atoms with Crippen molar-refractivity contribution < 1.29 is 17.9 Å². The number of benzene rings is 3. The quantitative estimate of drug-likeness (QED) is 0.383. The molecule has 0 aliphatic heterocycles. The standard InChI is InChI=1S/C28H33ClN2O4S/c1-19-15-21(3)25(16-20(19)2)22(4)30-28(32)18-31(14-13-23-9-7-6-8-10-23)36(33,34)24-11-12-27(35-5)26(29)17-24/h6-12,15-17,22H,13-14,18H2,1-5H3,(H,30,32)/t22-/m1/s1. The number of sulfonamides is 1. The van der Waals surface area contributed by atoms with Crippen LogP contribution in [0, 0.1) is 20.8 Å². The zero-order valence-corrected chi connectivity index (χ0v) is 22.9. The molecule has 36 heavy (non-hydrogen) atoms. The zero-order valence-electron chi connectivity index (χ0n) is 21.3. The van der Waals surface area contributed by atoms with Crippen molar-refractivity contribution in [1.29, 1.82) is 0 Å². The van der Waals surface area contributed by atoms with E-state index in [0.29, 0.717) is 12.2 Å². The molecule has 1 amide bonds. The van der Waals surface area contributed by atoms with Gasteiger partial charge in [0.2, 0.25) is 15.9 Å². The molecule has 0 heterocycles. The molecule has 1 atom stereocenters. The van der Waals surface area contributed by atoms with E-state index in [1.807, 2.05) is 51.1 Å². The van der Waals surface area contributed by atoms with Gasteiger partial charge in [-0.05, 0) is 80.1 Å². The van der Waals surface area contributed by atoms with Crippen molar-refractivity contribution in [3.63, 3.8) is 0 Å². The van der Waals surface area contributed by atoms with Gasteiger partial charge in [0, 0.05) is 6.54 Å². The fraction of sp³-hybridized carbons (Fsp3) is 0.321. The molecule has 0 saturated heterocycles. The van der Waals surface area contributed by atoms with Crippen LogP contribution in [0.25, 0.3) is 0 Å². The van der Waals surface area contributed by atoms with Crippen molar-refractivity contribution >= 4 is 27.5 Å². The van der Waals surface area contributed by atoms with Crippen molar-refractivity contribution in [2.45, 2.75) is 45.1 Å². The maximum absolute atomic E-state index is 13.6. The third-order valence-corrected chi connectivity index (χ3v) is 8.44. The van der Waals surface area contributed by atoms with E-state index in [9.17, 15) is 13.2 Å². The minimum atomic E-state index is -4.00. The molecule has 192 valence electrons. The van der Waals surface area contributed by atoms with Gasteiger partial charge < -0.3 is 10.1 Å². The first-order chi connectivity index (χ1) is 17.0. The second kappa shape index (κ2) is 11.9. The maximum Gasteiger partial charge on any atom is 0.243 e. The van der Waals surface area contributed by atoms with E-state index >= 15 is 0 Å². The maximum atomic E-state index is 13.6. The summed E-state index contributed by atoms with van der Waals surface area (Å²) in [4.78, 5) is 13.1. The van der Waals surface area contributed by atoms with E-state index in [-0.39, 0.29) is 35.0 Å². The highest BCUT2D eigenvalue weighted by atomic mass is 35.5. The topological polar surface area (TPSA) is 75.7 Å². The monoisotopic (exact) mass is 528 g/mol. The van der Waals surface area contributed by atoms with Gasteiger partial charge in [0.15, 0.2) is 0 Å². The largest absolute Gasteiger partial charge is 0.495 e. The summed E-state index contributed by atoms with van der Waals surface area (Å²) in [7, 11) is -2.54. The predicted octanol–water partition coefficient (Wildman–Crippen LogP) is 5.38. The molecule has 0 unspecified atom stereocenters. The second-order valence-electron chi connectivity index (χ2n) is 8.95. The third-order valence-electron chi connectivity index (χ3n) is 6.30.